The van der Waals surface area contributed by atoms with Crippen LogP contribution in [-0.4, -0.2) is 22.9 Å². The van der Waals surface area contributed by atoms with E-state index in [1.165, 1.54) is 0 Å². The van der Waals surface area contributed by atoms with Gasteiger partial charge in [0.05, 0.1) is 11.2 Å². The Bertz CT molecular complexity index is 247. The van der Waals surface area contributed by atoms with Crippen molar-refractivity contribution in [2.75, 3.05) is 6.61 Å². The fourth-order valence-corrected chi connectivity index (χ4v) is 1.99. The molecular formula is C14H26O2. The van der Waals surface area contributed by atoms with Crippen LogP contribution in [0.3, 0.4) is 0 Å². The molecule has 0 heterocycles. The van der Waals surface area contributed by atoms with Crippen molar-refractivity contribution in [1.29, 1.82) is 0 Å². The van der Waals surface area contributed by atoms with Crippen molar-refractivity contribution < 1.29 is 9.84 Å². The van der Waals surface area contributed by atoms with Gasteiger partial charge in [-0.15, -0.1) is 0 Å². The minimum Gasteiger partial charge on any atom is -0.386 e. The van der Waals surface area contributed by atoms with Gasteiger partial charge in [0.1, 0.15) is 0 Å². The molecule has 0 aromatic carbocycles. The normalized spacial score (nSPS) is 34.6. The second-order valence-electron chi connectivity index (χ2n) is 5.49. The maximum Gasteiger partial charge on any atom is 0.0852 e. The Morgan fingerprint density at radius 2 is 2.00 bits per heavy atom. The fraction of sp³-hybridized carbons (Fsp3) is 0.857. The summed E-state index contributed by atoms with van der Waals surface area (Å²) in [6, 6.07) is 0. The predicted molar refractivity (Wildman–Crippen MR) is 67.4 cm³/mol. The molecular weight excluding hydrogens is 200 g/mol. The number of hydrogen-bond donors (Lipinski definition) is 1. The van der Waals surface area contributed by atoms with Crippen LogP contribution in [0.25, 0.3) is 0 Å². The van der Waals surface area contributed by atoms with Crippen molar-refractivity contribution in [1.82, 2.24) is 0 Å². The summed E-state index contributed by atoms with van der Waals surface area (Å²) in [6.07, 6.45) is 7.96. The molecule has 0 bridgehead atoms. The van der Waals surface area contributed by atoms with E-state index in [9.17, 15) is 5.11 Å². The number of ether oxygens (including phenoxy) is 1. The Hall–Kier alpha value is -0.340. The van der Waals surface area contributed by atoms with Gasteiger partial charge in [0.2, 0.25) is 0 Å². The molecule has 0 aliphatic heterocycles. The van der Waals surface area contributed by atoms with Gasteiger partial charge >= 0.3 is 0 Å². The van der Waals surface area contributed by atoms with Gasteiger partial charge in [-0.3, -0.25) is 0 Å². The topological polar surface area (TPSA) is 29.5 Å². The van der Waals surface area contributed by atoms with Crippen molar-refractivity contribution in [3.8, 4) is 0 Å². The van der Waals surface area contributed by atoms with Crippen LogP contribution in [0.5, 0.6) is 0 Å². The summed E-state index contributed by atoms with van der Waals surface area (Å²) >= 11 is 0. The van der Waals surface area contributed by atoms with Crippen LogP contribution in [0.4, 0.5) is 0 Å². The van der Waals surface area contributed by atoms with E-state index in [1.54, 1.807) is 0 Å². The second kappa shape index (κ2) is 5.33. The van der Waals surface area contributed by atoms with Gasteiger partial charge in [-0.25, -0.2) is 0 Å². The lowest BCUT2D eigenvalue weighted by atomic mass is 9.77. The zero-order chi connectivity index (χ0) is 12.2. The summed E-state index contributed by atoms with van der Waals surface area (Å²) in [5.41, 5.74) is -0.802. The van der Waals surface area contributed by atoms with Crippen LogP contribution in [0.1, 0.15) is 53.4 Å². The maximum atomic E-state index is 10.3. The molecule has 0 amide bonds. The molecule has 2 atom stereocenters. The molecule has 1 N–H and O–H groups in total. The maximum absolute atomic E-state index is 10.3. The predicted octanol–water partition coefficient (Wildman–Crippen LogP) is 3.30. The summed E-state index contributed by atoms with van der Waals surface area (Å²) in [4.78, 5) is 0. The molecule has 94 valence electrons. The summed E-state index contributed by atoms with van der Waals surface area (Å²) in [5.74, 6) is 0.268. The molecule has 1 aliphatic carbocycles. The quantitative estimate of drug-likeness (QED) is 0.576. The molecule has 0 aromatic heterocycles. The number of hydrogen-bond acceptors (Lipinski definition) is 2. The van der Waals surface area contributed by atoms with E-state index in [2.05, 4.69) is 27.7 Å². The van der Waals surface area contributed by atoms with E-state index in [4.69, 9.17) is 4.74 Å². The molecule has 0 aromatic rings. The lowest BCUT2D eigenvalue weighted by Crippen LogP contribution is -2.41. The van der Waals surface area contributed by atoms with Gasteiger partial charge in [0.25, 0.3) is 0 Å². The van der Waals surface area contributed by atoms with Crippen LogP contribution >= 0.6 is 0 Å². The zero-order valence-electron chi connectivity index (χ0n) is 11.1. The van der Waals surface area contributed by atoms with Crippen LogP contribution in [0, 0.1) is 5.92 Å². The summed E-state index contributed by atoms with van der Waals surface area (Å²) in [6.45, 7) is 9.21. The Morgan fingerprint density at radius 1 is 1.31 bits per heavy atom. The second-order valence-corrected chi connectivity index (χ2v) is 5.49. The smallest absolute Gasteiger partial charge is 0.0852 e. The summed E-state index contributed by atoms with van der Waals surface area (Å²) in [5, 5.41) is 10.3. The molecule has 1 aliphatic rings. The van der Waals surface area contributed by atoms with Crippen molar-refractivity contribution >= 4 is 0 Å². The Labute approximate surface area is 99.7 Å². The lowest BCUT2D eigenvalue weighted by molar-refractivity contribution is -0.0458. The third-order valence-electron chi connectivity index (χ3n) is 3.68. The molecule has 0 unspecified atom stereocenters. The first-order valence-corrected chi connectivity index (χ1v) is 6.48. The average Bonchev–Trinajstić information content (AvgIpc) is 2.23. The number of rotatable bonds is 5. The van der Waals surface area contributed by atoms with Crippen LogP contribution in [0.15, 0.2) is 12.2 Å². The van der Waals surface area contributed by atoms with Crippen molar-refractivity contribution in [3.63, 3.8) is 0 Å². The highest BCUT2D eigenvalue weighted by atomic mass is 16.5. The van der Waals surface area contributed by atoms with E-state index < -0.39 is 5.60 Å². The Kier molecular flexibility index (Phi) is 4.57. The van der Waals surface area contributed by atoms with Crippen molar-refractivity contribution in [2.45, 2.75) is 64.6 Å². The minimum absolute atomic E-state index is 0.170. The Balaban J connectivity index is 2.55. The number of aliphatic hydroxyl groups is 1. The third kappa shape index (κ3) is 3.33. The number of unbranched alkanes of at least 4 members (excludes halogenated alkanes) is 1. The standard InChI is InChI=1S/C14H26O2/c1-5-6-11-16-13(4)7-9-14(15,10-8-13)12(2)3/h7,9,12,15H,5-6,8,10-11H2,1-4H3/t13-,14+/m1/s1. The van der Waals surface area contributed by atoms with E-state index >= 15 is 0 Å². The van der Waals surface area contributed by atoms with E-state index in [0.29, 0.717) is 0 Å². The molecule has 0 fully saturated rings. The molecule has 2 nitrogen and oxygen atoms in total. The molecule has 0 spiro atoms. The third-order valence-corrected chi connectivity index (χ3v) is 3.68. The van der Waals surface area contributed by atoms with E-state index in [1.807, 2.05) is 12.2 Å². The summed E-state index contributed by atoms with van der Waals surface area (Å²) < 4.78 is 5.89. The first kappa shape index (κ1) is 13.7. The van der Waals surface area contributed by atoms with Gasteiger partial charge in [0, 0.05) is 6.61 Å². The first-order valence-electron chi connectivity index (χ1n) is 6.48. The monoisotopic (exact) mass is 226 g/mol. The van der Waals surface area contributed by atoms with Gasteiger partial charge in [-0.1, -0.05) is 39.3 Å². The van der Waals surface area contributed by atoms with Gasteiger partial charge in [0.15, 0.2) is 0 Å². The van der Waals surface area contributed by atoms with Crippen LogP contribution < -0.4 is 0 Å². The molecule has 0 saturated carbocycles. The van der Waals surface area contributed by atoms with Gasteiger partial charge < -0.3 is 9.84 Å². The van der Waals surface area contributed by atoms with Crippen molar-refractivity contribution in [3.05, 3.63) is 12.2 Å². The fourth-order valence-electron chi connectivity index (χ4n) is 1.99. The highest BCUT2D eigenvalue weighted by Crippen LogP contribution is 2.35. The Morgan fingerprint density at radius 3 is 2.44 bits per heavy atom. The van der Waals surface area contributed by atoms with E-state index in [0.717, 1.165) is 32.3 Å². The van der Waals surface area contributed by atoms with Crippen molar-refractivity contribution in [2.24, 2.45) is 5.92 Å². The van der Waals surface area contributed by atoms with Crippen LogP contribution in [0.2, 0.25) is 0 Å². The average molecular weight is 226 g/mol. The lowest BCUT2D eigenvalue weighted by Gasteiger charge is -2.39. The molecule has 0 radical (unpaired) electrons. The SMILES string of the molecule is CCCCO[C@]1(C)C=C[C@@](O)(C(C)C)CC1. The van der Waals surface area contributed by atoms with Gasteiger partial charge in [-0.2, -0.15) is 0 Å². The molecule has 16 heavy (non-hydrogen) atoms. The molecule has 1 rings (SSSR count). The summed E-state index contributed by atoms with van der Waals surface area (Å²) in [7, 11) is 0. The zero-order valence-corrected chi connectivity index (χ0v) is 11.1. The highest BCUT2D eigenvalue weighted by molar-refractivity contribution is 5.14. The first-order chi connectivity index (χ1) is 7.42. The van der Waals surface area contributed by atoms with E-state index in [-0.39, 0.29) is 11.5 Å². The minimum atomic E-state index is -0.631. The largest absolute Gasteiger partial charge is 0.386 e. The highest BCUT2D eigenvalue weighted by Gasteiger charge is 2.36. The van der Waals surface area contributed by atoms with Gasteiger partial charge in [-0.05, 0) is 32.1 Å². The molecule has 2 heteroatoms. The van der Waals surface area contributed by atoms with Crippen LogP contribution in [-0.2, 0) is 4.74 Å². The molecule has 0 saturated heterocycles.